The molecule has 0 aliphatic carbocycles. The Bertz CT molecular complexity index is 421. The van der Waals surface area contributed by atoms with Crippen LogP contribution in [0.25, 0.3) is 0 Å². The Hall–Kier alpha value is -0.900. The van der Waals surface area contributed by atoms with Crippen molar-refractivity contribution in [3.63, 3.8) is 0 Å². The first-order chi connectivity index (χ1) is 9.20. The molecule has 104 valence electrons. The van der Waals surface area contributed by atoms with E-state index in [-0.39, 0.29) is 11.7 Å². The number of carbonyl (C=O) groups is 1. The van der Waals surface area contributed by atoms with Crippen molar-refractivity contribution in [1.29, 1.82) is 0 Å². The number of halogens is 2. The lowest BCUT2D eigenvalue weighted by atomic mass is 10.1. The third-order valence-electron chi connectivity index (χ3n) is 3.64. The maximum absolute atomic E-state index is 12.8. The standard InChI is InChI=1S/C15H19BrFNO/c16-9-1-3-14-4-2-10-18(14)15(19)11-12-5-7-13(17)8-6-12/h5-8,14H,1-4,9-11H2. The highest BCUT2D eigenvalue weighted by atomic mass is 79.9. The molecule has 0 N–H and O–H groups in total. The second-order valence-corrected chi connectivity index (χ2v) is 5.81. The summed E-state index contributed by atoms with van der Waals surface area (Å²) in [6.07, 6.45) is 4.76. The zero-order chi connectivity index (χ0) is 13.7. The molecular weight excluding hydrogens is 309 g/mol. The number of hydrogen-bond acceptors (Lipinski definition) is 1. The molecular formula is C15H19BrFNO. The topological polar surface area (TPSA) is 20.3 Å². The molecule has 1 aromatic carbocycles. The van der Waals surface area contributed by atoms with Gasteiger partial charge in [0.15, 0.2) is 0 Å². The minimum atomic E-state index is -0.257. The summed E-state index contributed by atoms with van der Waals surface area (Å²) in [5, 5.41) is 0.990. The molecule has 0 bridgehead atoms. The normalized spacial score (nSPS) is 18.8. The van der Waals surface area contributed by atoms with Gasteiger partial charge in [-0.25, -0.2) is 4.39 Å². The van der Waals surface area contributed by atoms with E-state index in [1.54, 1.807) is 12.1 Å². The fraction of sp³-hybridized carbons (Fsp3) is 0.533. The molecule has 2 rings (SSSR count). The first kappa shape index (κ1) is 14.5. The molecule has 0 radical (unpaired) electrons. The largest absolute Gasteiger partial charge is 0.339 e. The highest BCUT2D eigenvalue weighted by molar-refractivity contribution is 9.09. The smallest absolute Gasteiger partial charge is 0.227 e. The van der Waals surface area contributed by atoms with Gasteiger partial charge in [0, 0.05) is 17.9 Å². The van der Waals surface area contributed by atoms with Crippen LogP contribution in [0.5, 0.6) is 0 Å². The Morgan fingerprint density at radius 1 is 1.37 bits per heavy atom. The second kappa shape index (κ2) is 7.04. The lowest BCUT2D eigenvalue weighted by Gasteiger charge is -2.24. The minimum Gasteiger partial charge on any atom is -0.339 e. The maximum atomic E-state index is 12.8. The number of amides is 1. The molecule has 0 saturated carbocycles. The molecule has 0 aromatic heterocycles. The minimum absolute atomic E-state index is 0.170. The van der Waals surface area contributed by atoms with Crippen LogP contribution in [0.3, 0.4) is 0 Å². The van der Waals surface area contributed by atoms with Crippen LogP contribution in [-0.2, 0) is 11.2 Å². The summed E-state index contributed by atoms with van der Waals surface area (Å²) in [7, 11) is 0. The molecule has 4 heteroatoms. The lowest BCUT2D eigenvalue weighted by molar-refractivity contribution is -0.131. The second-order valence-electron chi connectivity index (χ2n) is 5.02. The number of rotatable bonds is 5. The Kier molecular flexibility index (Phi) is 5.37. The maximum Gasteiger partial charge on any atom is 0.227 e. The molecule has 1 aliphatic heterocycles. The van der Waals surface area contributed by atoms with E-state index in [2.05, 4.69) is 15.9 Å². The van der Waals surface area contributed by atoms with E-state index in [1.807, 2.05) is 4.90 Å². The van der Waals surface area contributed by atoms with Crippen molar-refractivity contribution < 1.29 is 9.18 Å². The average Bonchev–Trinajstić information content (AvgIpc) is 2.87. The Labute approximate surface area is 122 Å². The van der Waals surface area contributed by atoms with Gasteiger partial charge in [-0.15, -0.1) is 0 Å². The third kappa shape index (κ3) is 4.03. The van der Waals surface area contributed by atoms with Gasteiger partial charge in [0.1, 0.15) is 5.82 Å². The molecule has 1 saturated heterocycles. The van der Waals surface area contributed by atoms with Crippen molar-refractivity contribution in [2.24, 2.45) is 0 Å². The highest BCUT2D eigenvalue weighted by Gasteiger charge is 2.27. The third-order valence-corrected chi connectivity index (χ3v) is 4.20. The summed E-state index contributed by atoms with van der Waals surface area (Å²) >= 11 is 3.44. The number of carbonyl (C=O) groups excluding carboxylic acids is 1. The lowest BCUT2D eigenvalue weighted by Crippen LogP contribution is -2.36. The van der Waals surface area contributed by atoms with Crippen molar-refractivity contribution >= 4 is 21.8 Å². The Morgan fingerprint density at radius 3 is 2.79 bits per heavy atom. The Morgan fingerprint density at radius 2 is 2.11 bits per heavy atom. The first-order valence-corrected chi connectivity index (χ1v) is 7.92. The van der Waals surface area contributed by atoms with Gasteiger partial charge in [-0.3, -0.25) is 4.79 Å². The van der Waals surface area contributed by atoms with Crippen molar-refractivity contribution in [2.45, 2.75) is 38.1 Å². The SMILES string of the molecule is O=C(Cc1ccc(F)cc1)N1CCCC1CCCBr. The van der Waals surface area contributed by atoms with E-state index in [4.69, 9.17) is 0 Å². The van der Waals surface area contributed by atoms with Gasteiger partial charge in [0.25, 0.3) is 0 Å². The van der Waals surface area contributed by atoms with E-state index < -0.39 is 0 Å². The van der Waals surface area contributed by atoms with Gasteiger partial charge < -0.3 is 4.90 Å². The molecule has 0 spiro atoms. The van der Waals surface area contributed by atoms with Gasteiger partial charge in [0.2, 0.25) is 5.91 Å². The van der Waals surface area contributed by atoms with Gasteiger partial charge in [-0.2, -0.15) is 0 Å². The van der Waals surface area contributed by atoms with E-state index >= 15 is 0 Å². The molecule has 1 amide bonds. The molecule has 19 heavy (non-hydrogen) atoms. The van der Waals surface area contributed by atoms with Crippen LogP contribution in [0.1, 0.15) is 31.2 Å². The molecule has 2 nitrogen and oxygen atoms in total. The molecule has 1 unspecified atom stereocenters. The van der Waals surface area contributed by atoms with Crippen molar-refractivity contribution in [3.05, 3.63) is 35.6 Å². The zero-order valence-corrected chi connectivity index (χ0v) is 12.5. The quantitative estimate of drug-likeness (QED) is 0.757. The molecule has 1 fully saturated rings. The molecule has 1 aromatic rings. The summed E-state index contributed by atoms with van der Waals surface area (Å²) in [6.45, 7) is 0.868. The molecule has 1 heterocycles. The van der Waals surface area contributed by atoms with E-state index in [1.165, 1.54) is 12.1 Å². The number of benzene rings is 1. The number of nitrogens with zero attached hydrogens (tertiary/aromatic N) is 1. The van der Waals surface area contributed by atoms with Crippen LogP contribution < -0.4 is 0 Å². The van der Waals surface area contributed by atoms with Crippen LogP contribution in [-0.4, -0.2) is 28.7 Å². The molecule has 1 atom stereocenters. The fourth-order valence-electron chi connectivity index (χ4n) is 2.66. The van der Waals surface area contributed by atoms with Crippen LogP contribution >= 0.6 is 15.9 Å². The van der Waals surface area contributed by atoms with Crippen LogP contribution in [0.15, 0.2) is 24.3 Å². The van der Waals surface area contributed by atoms with Crippen molar-refractivity contribution in [2.75, 3.05) is 11.9 Å². The predicted octanol–water partition coefficient (Wildman–Crippen LogP) is 3.53. The van der Waals surface area contributed by atoms with E-state index in [9.17, 15) is 9.18 Å². The van der Waals surface area contributed by atoms with E-state index in [0.717, 1.165) is 43.1 Å². The number of alkyl halides is 1. The van der Waals surface area contributed by atoms with Gasteiger partial charge in [-0.1, -0.05) is 28.1 Å². The van der Waals surface area contributed by atoms with E-state index in [0.29, 0.717) is 12.5 Å². The number of hydrogen-bond donors (Lipinski definition) is 0. The van der Waals surface area contributed by atoms with Gasteiger partial charge in [-0.05, 0) is 43.4 Å². The Balaban J connectivity index is 1.93. The molecule has 1 aliphatic rings. The zero-order valence-electron chi connectivity index (χ0n) is 10.9. The summed E-state index contributed by atoms with van der Waals surface area (Å²) in [5.41, 5.74) is 0.887. The summed E-state index contributed by atoms with van der Waals surface area (Å²) < 4.78 is 12.8. The first-order valence-electron chi connectivity index (χ1n) is 6.80. The van der Waals surface area contributed by atoms with Crippen LogP contribution in [0.4, 0.5) is 4.39 Å². The van der Waals surface area contributed by atoms with Gasteiger partial charge >= 0.3 is 0 Å². The highest BCUT2D eigenvalue weighted by Crippen LogP contribution is 2.22. The van der Waals surface area contributed by atoms with Crippen LogP contribution in [0.2, 0.25) is 0 Å². The van der Waals surface area contributed by atoms with Crippen molar-refractivity contribution in [1.82, 2.24) is 4.90 Å². The summed E-state index contributed by atoms with van der Waals surface area (Å²) in [5.74, 6) is -0.0868. The van der Waals surface area contributed by atoms with Crippen LogP contribution in [0, 0.1) is 5.82 Å². The fourth-order valence-corrected chi connectivity index (χ4v) is 2.98. The summed E-state index contributed by atoms with van der Waals surface area (Å²) in [6, 6.07) is 6.60. The average molecular weight is 328 g/mol. The predicted molar refractivity (Wildman–Crippen MR) is 77.9 cm³/mol. The van der Waals surface area contributed by atoms with Crippen molar-refractivity contribution in [3.8, 4) is 0 Å². The van der Waals surface area contributed by atoms with Gasteiger partial charge in [0.05, 0.1) is 6.42 Å². The summed E-state index contributed by atoms with van der Waals surface area (Å²) in [4.78, 5) is 14.3. The monoisotopic (exact) mass is 327 g/mol. The number of likely N-dealkylation sites (tertiary alicyclic amines) is 1.